The number of nitrogens with one attached hydrogen (secondary N) is 2. The van der Waals surface area contributed by atoms with E-state index in [1.54, 1.807) is 6.07 Å². The summed E-state index contributed by atoms with van der Waals surface area (Å²) in [6.07, 6.45) is 0. The molecular weight excluding hydrogens is 364 g/mol. The molecule has 0 aliphatic carbocycles. The largest absolute Gasteiger partial charge is 0.353 e. The van der Waals surface area contributed by atoms with Crippen LogP contribution in [0, 0.1) is 0 Å². The minimum Gasteiger partial charge on any atom is -0.353 e. The molecule has 2 heterocycles. The van der Waals surface area contributed by atoms with Gasteiger partial charge in [-0.1, -0.05) is 48.5 Å². The Morgan fingerprint density at radius 1 is 0.793 bits per heavy atom. The van der Waals surface area contributed by atoms with E-state index in [0.717, 1.165) is 44.2 Å². The first-order valence-corrected chi connectivity index (χ1v) is 9.74. The van der Waals surface area contributed by atoms with Crippen LogP contribution in [0.3, 0.4) is 0 Å². The molecule has 1 saturated heterocycles. The van der Waals surface area contributed by atoms with E-state index in [4.69, 9.17) is 0 Å². The maximum atomic E-state index is 12.0. The number of urea groups is 1. The van der Waals surface area contributed by atoms with E-state index in [-0.39, 0.29) is 6.03 Å². The zero-order valence-electron chi connectivity index (χ0n) is 16.2. The molecule has 1 aliphatic heterocycles. The number of aromatic nitrogens is 2. The quantitative estimate of drug-likeness (QED) is 0.700. The highest BCUT2D eigenvalue weighted by Gasteiger charge is 2.18. The summed E-state index contributed by atoms with van der Waals surface area (Å²) in [5.74, 6) is 1.25. The Balaban J connectivity index is 1.27. The molecule has 0 atom stereocenters. The van der Waals surface area contributed by atoms with Crippen molar-refractivity contribution < 1.29 is 4.79 Å². The molecule has 2 amide bonds. The number of anilines is 3. The van der Waals surface area contributed by atoms with Crippen LogP contribution in [0.1, 0.15) is 5.56 Å². The summed E-state index contributed by atoms with van der Waals surface area (Å²) in [7, 11) is 0. The molecule has 1 aromatic heterocycles. The van der Waals surface area contributed by atoms with E-state index < -0.39 is 0 Å². The summed E-state index contributed by atoms with van der Waals surface area (Å²) in [4.78, 5) is 16.7. The van der Waals surface area contributed by atoms with Crippen molar-refractivity contribution in [3.05, 3.63) is 78.4 Å². The number of benzene rings is 2. The zero-order valence-corrected chi connectivity index (χ0v) is 16.2. The molecule has 7 nitrogen and oxygen atoms in total. The maximum Gasteiger partial charge on any atom is 0.324 e. The fraction of sp³-hybridized carbons (Fsp3) is 0.227. The van der Waals surface area contributed by atoms with Gasteiger partial charge in [-0.2, -0.15) is 0 Å². The van der Waals surface area contributed by atoms with Crippen LogP contribution in [0.25, 0.3) is 0 Å². The number of carbonyl (C=O) groups excluding carboxylic acids is 1. The van der Waals surface area contributed by atoms with Gasteiger partial charge in [-0.25, -0.2) is 4.79 Å². The monoisotopic (exact) mass is 388 g/mol. The lowest BCUT2D eigenvalue weighted by molar-refractivity contribution is 0.249. The van der Waals surface area contributed by atoms with Gasteiger partial charge >= 0.3 is 6.03 Å². The van der Waals surface area contributed by atoms with Crippen LogP contribution in [-0.2, 0) is 6.54 Å². The van der Waals surface area contributed by atoms with Crippen LogP contribution in [0.2, 0.25) is 0 Å². The number of hydrogen-bond acceptors (Lipinski definition) is 5. The molecule has 0 spiro atoms. The highest BCUT2D eigenvalue weighted by Crippen LogP contribution is 2.16. The van der Waals surface area contributed by atoms with Crippen molar-refractivity contribution in [1.29, 1.82) is 0 Å². The highest BCUT2D eigenvalue weighted by atomic mass is 16.2. The van der Waals surface area contributed by atoms with Crippen molar-refractivity contribution in [2.24, 2.45) is 0 Å². The lowest BCUT2D eigenvalue weighted by Gasteiger charge is -2.35. The maximum absolute atomic E-state index is 12.0. The lowest BCUT2D eigenvalue weighted by atomic mass is 10.2. The van der Waals surface area contributed by atoms with Gasteiger partial charge in [0.05, 0.1) is 0 Å². The summed E-state index contributed by atoms with van der Waals surface area (Å²) in [5, 5.41) is 13.9. The fourth-order valence-corrected chi connectivity index (χ4v) is 3.34. The summed E-state index contributed by atoms with van der Waals surface area (Å²) < 4.78 is 0. The number of para-hydroxylation sites is 1. The Morgan fingerprint density at radius 2 is 1.48 bits per heavy atom. The van der Waals surface area contributed by atoms with Crippen LogP contribution in [0.15, 0.2) is 72.8 Å². The smallest absolute Gasteiger partial charge is 0.324 e. The van der Waals surface area contributed by atoms with E-state index in [1.165, 1.54) is 5.56 Å². The average molecular weight is 388 g/mol. The molecule has 2 N–H and O–H groups in total. The van der Waals surface area contributed by atoms with Gasteiger partial charge in [0.15, 0.2) is 11.6 Å². The van der Waals surface area contributed by atoms with Crippen molar-refractivity contribution in [2.45, 2.75) is 6.54 Å². The molecule has 2 aromatic carbocycles. The number of piperazine rings is 1. The Morgan fingerprint density at radius 3 is 2.14 bits per heavy atom. The first-order chi connectivity index (χ1) is 14.3. The second kappa shape index (κ2) is 9.16. The molecule has 29 heavy (non-hydrogen) atoms. The number of rotatable bonds is 5. The second-order valence-corrected chi connectivity index (χ2v) is 6.97. The fourth-order valence-electron chi connectivity index (χ4n) is 3.34. The van der Waals surface area contributed by atoms with E-state index in [1.807, 2.05) is 42.5 Å². The predicted molar refractivity (Wildman–Crippen MR) is 115 cm³/mol. The van der Waals surface area contributed by atoms with Crippen molar-refractivity contribution in [3.8, 4) is 0 Å². The van der Waals surface area contributed by atoms with Gasteiger partial charge in [0.2, 0.25) is 0 Å². The minimum atomic E-state index is -0.340. The van der Waals surface area contributed by atoms with Gasteiger partial charge in [-0.15, -0.1) is 10.2 Å². The van der Waals surface area contributed by atoms with E-state index in [0.29, 0.717) is 5.82 Å². The van der Waals surface area contributed by atoms with E-state index in [2.05, 4.69) is 54.9 Å². The normalized spacial score (nSPS) is 14.4. The van der Waals surface area contributed by atoms with Gasteiger partial charge in [-0.3, -0.25) is 10.2 Å². The second-order valence-electron chi connectivity index (χ2n) is 6.97. The van der Waals surface area contributed by atoms with Crippen LogP contribution in [0.5, 0.6) is 0 Å². The summed E-state index contributed by atoms with van der Waals surface area (Å²) in [6, 6.07) is 23.2. The van der Waals surface area contributed by atoms with Gasteiger partial charge in [0.25, 0.3) is 0 Å². The first-order valence-electron chi connectivity index (χ1n) is 9.74. The molecule has 148 valence electrons. The first kappa shape index (κ1) is 18.9. The molecule has 1 fully saturated rings. The topological polar surface area (TPSA) is 73.4 Å². The van der Waals surface area contributed by atoms with Crippen molar-refractivity contribution in [2.75, 3.05) is 41.7 Å². The van der Waals surface area contributed by atoms with E-state index >= 15 is 0 Å². The van der Waals surface area contributed by atoms with Gasteiger partial charge < -0.3 is 10.2 Å². The van der Waals surface area contributed by atoms with Gasteiger partial charge in [0, 0.05) is 38.4 Å². The lowest BCUT2D eigenvalue weighted by Crippen LogP contribution is -2.46. The SMILES string of the molecule is O=C(Nc1ccccc1)Nc1ccc(N2CCN(Cc3ccccc3)CC2)nn1. The average Bonchev–Trinajstić information content (AvgIpc) is 2.76. The standard InChI is InChI=1S/C22H24N6O/c29-22(23-19-9-5-2-6-10-19)24-20-11-12-21(26-25-20)28-15-13-27(14-16-28)17-18-7-3-1-4-8-18/h1-12H,13-17H2,(H2,23,24,25,29). The van der Waals surface area contributed by atoms with Crippen LogP contribution in [0.4, 0.5) is 22.1 Å². The summed E-state index contributed by atoms with van der Waals surface area (Å²) in [6.45, 7) is 4.75. The molecule has 0 saturated carbocycles. The Bertz CT molecular complexity index is 909. The summed E-state index contributed by atoms with van der Waals surface area (Å²) in [5.41, 5.74) is 2.06. The van der Waals surface area contributed by atoms with Gasteiger partial charge in [0.1, 0.15) is 0 Å². The molecule has 7 heteroatoms. The summed E-state index contributed by atoms with van der Waals surface area (Å²) >= 11 is 0. The molecule has 4 rings (SSSR count). The van der Waals surface area contributed by atoms with Gasteiger partial charge in [-0.05, 0) is 29.8 Å². The number of nitrogens with zero attached hydrogens (tertiary/aromatic N) is 4. The Hall–Kier alpha value is -3.45. The van der Waals surface area contributed by atoms with Crippen molar-refractivity contribution in [1.82, 2.24) is 15.1 Å². The van der Waals surface area contributed by atoms with Crippen LogP contribution < -0.4 is 15.5 Å². The third kappa shape index (κ3) is 5.30. The molecule has 0 radical (unpaired) electrons. The molecule has 3 aromatic rings. The third-order valence-electron chi connectivity index (χ3n) is 4.87. The molecule has 0 bridgehead atoms. The van der Waals surface area contributed by atoms with Crippen molar-refractivity contribution in [3.63, 3.8) is 0 Å². The Kier molecular flexibility index (Phi) is 5.97. The van der Waals surface area contributed by atoms with Crippen LogP contribution >= 0.6 is 0 Å². The van der Waals surface area contributed by atoms with E-state index in [9.17, 15) is 4.79 Å². The minimum absolute atomic E-state index is 0.340. The highest BCUT2D eigenvalue weighted by molar-refractivity contribution is 5.99. The number of amides is 2. The van der Waals surface area contributed by atoms with Crippen molar-refractivity contribution >= 4 is 23.4 Å². The molecule has 0 unspecified atom stereocenters. The van der Waals surface area contributed by atoms with Crippen LogP contribution in [-0.4, -0.2) is 47.3 Å². The predicted octanol–water partition coefficient (Wildman–Crippen LogP) is 3.44. The third-order valence-corrected chi connectivity index (χ3v) is 4.87. The molecular formula is C22H24N6O. The Labute approximate surface area is 170 Å². The molecule has 1 aliphatic rings. The number of hydrogen-bond donors (Lipinski definition) is 2. The zero-order chi connectivity index (χ0) is 19.9. The number of carbonyl (C=O) groups is 1.